The lowest BCUT2D eigenvalue weighted by Gasteiger charge is -2.45. The number of aliphatic hydroxyl groups is 1. The molecule has 7 heteroatoms. The number of fused-ring (bicyclic) bond motifs is 2. The molecular weight excluding hydrogens is 175 g/mol. The van der Waals surface area contributed by atoms with Gasteiger partial charge in [-0.15, -0.1) is 0 Å². The number of phosphoric acid groups is 1. The Morgan fingerprint density at radius 2 is 2.18 bits per heavy atom. The van der Waals surface area contributed by atoms with Crippen LogP contribution in [0.3, 0.4) is 0 Å². The van der Waals surface area contributed by atoms with Crippen LogP contribution in [0.15, 0.2) is 0 Å². The quantitative estimate of drug-likeness (QED) is 0.518. The van der Waals surface area contributed by atoms with Crippen LogP contribution in [0.4, 0.5) is 0 Å². The fraction of sp³-hybridized carbons (Fsp3) is 0.750. The van der Waals surface area contributed by atoms with Crippen molar-refractivity contribution in [2.24, 2.45) is 0 Å². The van der Waals surface area contributed by atoms with Crippen molar-refractivity contribution in [3.8, 4) is 0 Å². The number of rotatable bonds is 0. The second kappa shape index (κ2) is 1.73. The molecule has 3 saturated heterocycles. The number of Topliss-reactive ketones (excluding diaryl/α,β-unsaturated/α-hetero) is 1. The third kappa shape index (κ3) is 0.816. The molecule has 6 nitrogen and oxygen atoms in total. The van der Waals surface area contributed by atoms with Gasteiger partial charge in [0.2, 0.25) is 0 Å². The van der Waals surface area contributed by atoms with Crippen molar-refractivity contribution >= 4 is 13.6 Å². The number of hydrogen-bond acceptors (Lipinski definition) is 6. The van der Waals surface area contributed by atoms with Crippen LogP contribution in [0.5, 0.6) is 0 Å². The van der Waals surface area contributed by atoms with E-state index in [-0.39, 0.29) is 0 Å². The molecule has 0 aliphatic carbocycles. The maximum atomic E-state index is 10.9. The molecule has 0 radical (unpaired) electrons. The molecule has 1 unspecified atom stereocenters. The lowest BCUT2D eigenvalue weighted by molar-refractivity contribution is -0.340. The Kier molecular flexibility index (Phi) is 1.16. The molecule has 0 aromatic carbocycles. The third-order valence-corrected chi connectivity index (χ3v) is 2.96. The highest BCUT2D eigenvalue weighted by molar-refractivity contribution is 7.50. The van der Waals surface area contributed by atoms with E-state index in [2.05, 4.69) is 13.6 Å². The Bertz CT molecular complexity index is 253. The van der Waals surface area contributed by atoms with Gasteiger partial charge in [0.1, 0.15) is 6.10 Å². The first-order chi connectivity index (χ1) is 4.95. The van der Waals surface area contributed by atoms with Crippen molar-refractivity contribution in [3.63, 3.8) is 0 Å². The van der Waals surface area contributed by atoms with E-state index in [9.17, 15) is 9.36 Å². The van der Waals surface area contributed by atoms with Crippen molar-refractivity contribution in [1.82, 2.24) is 0 Å². The SMILES string of the molecule is CC1OP2(=O)OC(O)(O2)C1=O. The minimum Gasteiger partial charge on any atom is -0.336 e. The van der Waals surface area contributed by atoms with Crippen LogP contribution in [0.25, 0.3) is 0 Å². The molecule has 2 bridgehead atoms. The monoisotopic (exact) mass is 180 g/mol. The van der Waals surface area contributed by atoms with Crippen LogP contribution in [-0.4, -0.2) is 23.0 Å². The van der Waals surface area contributed by atoms with E-state index >= 15 is 0 Å². The van der Waals surface area contributed by atoms with Crippen molar-refractivity contribution in [2.75, 3.05) is 0 Å². The Labute approximate surface area is 61.7 Å². The van der Waals surface area contributed by atoms with E-state index in [4.69, 9.17) is 5.11 Å². The van der Waals surface area contributed by atoms with Crippen molar-refractivity contribution in [2.45, 2.75) is 19.0 Å². The number of carbonyl (C=O) groups is 1. The molecule has 0 saturated carbocycles. The van der Waals surface area contributed by atoms with Crippen LogP contribution in [0.1, 0.15) is 6.92 Å². The molecule has 3 aliphatic rings. The summed E-state index contributed by atoms with van der Waals surface area (Å²) in [6.45, 7) is 1.37. The van der Waals surface area contributed by atoms with E-state index in [1.54, 1.807) is 0 Å². The van der Waals surface area contributed by atoms with Gasteiger partial charge in [0.15, 0.2) is 0 Å². The van der Waals surface area contributed by atoms with Gasteiger partial charge in [-0.25, -0.2) is 13.6 Å². The zero-order chi connectivity index (χ0) is 8.28. The average molecular weight is 180 g/mol. The van der Waals surface area contributed by atoms with Gasteiger partial charge in [0.25, 0.3) is 5.78 Å². The van der Waals surface area contributed by atoms with Gasteiger partial charge >= 0.3 is 13.8 Å². The first-order valence-electron chi connectivity index (χ1n) is 2.92. The van der Waals surface area contributed by atoms with Crippen LogP contribution in [0, 0.1) is 0 Å². The van der Waals surface area contributed by atoms with E-state index < -0.39 is 25.7 Å². The Hall–Kier alpha value is -0.260. The summed E-state index contributed by atoms with van der Waals surface area (Å²) in [6.07, 6.45) is -0.937. The molecule has 1 N–H and O–H groups in total. The summed E-state index contributed by atoms with van der Waals surface area (Å²) in [7, 11) is -3.57. The number of carbonyl (C=O) groups excluding carboxylic acids is 1. The van der Waals surface area contributed by atoms with E-state index in [1.807, 2.05) is 0 Å². The minimum atomic E-state index is -3.57. The molecule has 11 heavy (non-hydrogen) atoms. The summed E-state index contributed by atoms with van der Waals surface area (Å²) < 4.78 is 23.9. The predicted molar refractivity (Wildman–Crippen MR) is 30.3 cm³/mol. The molecule has 1 atom stereocenters. The molecule has 0 aromatic heterocycles. The summed E-state index contributed by atoms with van der Waals surface area (Å²) in [6, 6.07) is 0. The van der Waals surface area contributed by atoms with E-state index in [1.165, 1.54) is 6.92 Å². The largest absolute Gasteiger partial charge is 0.484 e. The molecule has 3 aliphatic heterocycles. The van der Waals surface area contributed by atoms with Gasteiger partial charge in [-0.05, 0) is 6.92 Å². The Morgan fingerprint density at radius 3 is 2.64 bits per heavy atom. The molecule has 3 fully saturated rings. The van der Waals surface area contributed by atoms with Crippen LogP contribution < -0.4 is 0 Å². The zero-order valence-corrected chi connectivity index (χ0v) is 6.41. The summed E-state index contributed by atoms with van der Waals surface area (Å²) in [5.41, 5.74) is 0. The maximum absolute atomic E-state index is 10.9. The normalized spacial score (nSPS) is 55.5. The highest BCUT2D eigenvalue weighted by atomic mass is 31.2. The minimum absolute atomic E-state index is 0.768. The highest BCUT2D eigenvalue weighted by Gasteiger charge is 2.68. The Morgan fingerprint density at radius 1 is 1.64 bits per heavy atom. The lowest BCUT2D eigenvalue weighted by atomic mass is 10.2. The zero-order valence-electron chi connectivity index (χ0n) is 5.51. The molecule has 0 amide bonds. The maximum Gasteiger partial charge on any atom is 0.484 e. The second-order valence-electron chi connectivity index (χ2n) is 2.32. The van der Waals surface area contributed by atoms with Gasteiger partial charge in [0, 0.05) is 0 Å². The van der Waals surface area contributed by atoms with Crippen LogP contribution in [-0.2, 0) is 22.9 Å². The smallest absolute Gasteiger partial charge is 0.336 e. The summed E-state index contributed by atoms with van der Waals surface area (Å²) >= 11 is 0. The molecule has 3 heterocycles. The summed E-state index contributed by atoms with van der Waals surface area (Å²) in [4.78, 5) is 10.9. The highest BCUT2D eigenvalue weighted by Crippen LogP contribution is 2.68. The number of phosphoric ester groups is 1. The molecule has 62 valence electrons. The average Bonchev–Trinajstić information content (AvgIpc) is 1.78. The topological polar surface area (TPSA) is 82.1 Å². The Balaban J connectivity index is 2.33. The number of hydrogen-bond donors (Lipinski definition) is 1. The predicted octanol–water partition coefficient (Wildman–Crippen LogP) is -0.225. The van der Waals surface area contributed by atoms with Crippen molar-refractivity contribution in [1.29, 1.82) is 0 Å². The van der Waals surface area contributed by atoms with Crippen LogP contribution >= 0.6 is 7.82 Å². The standard InChI is InChI=1S/C4H5O6P/c1-2-3(5)4(6)9-11(7,8-2)10-4/h2,6H,1H3. The number of ketones is 1. The van der Waals surface area contributed by atoms with Gasteiger partial charge in [0.05, 0.1) is 0 Å². The van der Waals surface area contributed by atoms with Gasteiger partial charge < -0.3 is 5.11 Å². The van der Waals surface area contributed by atoms with Gasteiger partial charge in [-0.2, -0.15) is 0 Å². The molecule has 0 spiro atoms. The molecule has 3 rings (SSSR count). The van der Waals surface area contributed by atoms with Crippen LogP contribution in [0.2, 0.25) is 0 Å². The van der Waals surface area contributed by atoms with Gasteiger partial charge in [-0.3, -0.25) is 9.32 Å². The van der Waals surface area contributed by atoms with Crippen molar-refractivity contribution in [3.05, 3.63) is 0 Å². The van der Waals surface area contributed by atoms with Crippen molar-refractivity contribution < 1.29 is 28.0 Å². The van der Waals surface area contributed by atoms with E-state index in [0.717, 1.165) is 0 Å². The molecule has 0 aromatic rings. The summed E-state index contributed by atoms with van der Waals surface area (Å²) in [5, 5.41) is 9.00. The molecular formula is C4H5O6P. The summed E-state index contributed by atoms with van der Waals surface area (Å²) in [5.74, 6) is -3.08. The second-order valence-corrected chi connectivity index (χ2v) is 3.79. The first kappa shape index (κ1) is 7.39. The third-order valence-electron chi connectivity index (χ3n) is 1.44. The fourth-order valence-corrected chi connectivity index (χ4v) is 2.31. The van der Waals surface area contributed by atoms with Gasteiger partial charge in [-0.1, -0.05) is 0 Å². The lowest BCUT2D eigenvalue weighted by Crippen LogP contribution is -2.59. The van der Waals surface area contributed by atoms with E-state index in [0.29, 0.717) is 0 Å². The fourth-order valence-electron chi connectivity index (χ4n) is 0.941. The first-order valence-corrected chi connectivity index (χ1v) is 4.38.